The molecule has 1 aromatic rings. The highest BCUT2D eigenvalue weighted by Gasteiger charge is 2.29. The van der Waals surface area contributed by atoms with Gasteiger partial charge in [-0.15, -0.1) is 0 Å². The van der Waals surface area contributed by atoms with Gasteiger partial charge in [-0.1, -0.05) is 17.8 Å². The van der Waals surface area contributed by atoms with Crippen molar-refractivity contribution in [1.82, 2.24) is 0 Å². The molecule has 20 heavy (non-hydrogen) atoms. The van der Waals surface area contributed by atoms with Crippen LogP contribution in [0, 0.1) is 12.7 Å². The summed E-state index contributed by atoms with van der Waals surface area (Å²) in [5, 5.41) is 10.1. The summed E-state index contributed by atoms with van der Waals surface area (Å²) in [6.45, 7) is 3.56. The number of halogens is 1. The van der Waals surface area contributed by atoms with E-state index in [2.05, 4.69) is 4.99 Å². The number of rotatable bonds is 3. The monoisotopic (exact) mass is 295 g/mol. The molecule has 0 unspecified atom stereocenters. The Morgan fingerprint density at radius 3 is 2.95 bits per heavy atom. The van der Waals surface area contributed by atoms with Crippen molar-refractivity contribution in [2.24, 2.45) is 4.99 Å². The summed E-state index contributed by atoms with van der Waals surface area (Å²) in [6.07, 6.45) is 0. The van der Waals surface area contributed by atoms with Crippen molar-refractivity contribution in [3.05, 3.63) is 40.9 Å². The van der Waals surface area contributed by atoms with Gasteiger partial charge in [0.2, 0.25) is 0 Å². The number of carbonyl (C=O) groups is 1. The van der Waals surface area contributed by atoms with E-state index < -0.39 is 5.97 Å². The topological polar surface area (TPSA) is 58.9 Å². The number of aryl methyl sites for hydroxylation is 1. The molecular formula is C14H14FNO3S. The first-order chi connectivity index (χ1) is 9.52. The van der Waals surface area contributed by atoms with E-state index in [9.17, 15) is 14.3 Å². The highest BCUT2D eigenvalue weighted by atomic mass is 32.2. The third kappa shape index (κ3) is 3.01. The van der Waals surface area contributed by atoms with Gasteiger partial charge in [0.15, 0.2) is 0 Å². The minimum Gasteiger partial charge on any atom is -0.510 e. The minimum atomic E-state index is -0.610. The van der Waals surface area contributed by atoms with Crippen LogP contribution in [0.4, 0.5) is 10.1 Å². The minimum absolute atomic E-state index is 0.0558. The normalized spacial score (nSPS) is 16.9. The fourth-order valence-electron chi connectivity index (χ4n) is 1.67. The quantitative estimate of drug-likeness (QED) is 0.869. The van der Waals surface area contributed by atoms with Crippen molar-refractivity contribution in [2.45, 2.75) is 13.8 Å². The zero-order chi connectivity index (χ0) is 14.7. The maximum absolute atomic E-state index is 13.5. The molecule has 0 bridgehead atoms. The van der Waals surface area contributed by atoms with Crippen LogP contribution in [0.2, 0.25) is 0 Å². The molecule has 0 saturated heterocycles. The van der Waals surface area contributed by atoms with Gasteiger partial charge in [0.05, 0.1) is 18.0 Å². The van der Waals surface area contributed by atoms with Gasteiger partial charge in [-0.05, 0) is 31.5 Å². The molecule has 0 amide bonds. The van der Waals surface area contributed by atoms with Crippen molar-refractivity contribution in [3.8, 4) is 0 Å². The molecule has 4 nitrogen and oxygen atoms in total. The Labute approximate surface area is 120 Å². The molecular weight excluding hydrogens is 281 g/mol. The SMILES string of the molecule is CCOC(=O)C1=C(O)CSC1=Nc1ccc(C)c(F)c1. The van der Waals surface area contributed by atoms with Crippen LogP contribution in [0.25, 0.3) is 0 Å². The lowest BCUT2D eigenvalue weighted by molar-refractivity contribution is -0.138. The van der Waals surface area contributed by atoms with Crippen molar-refractivity contribution in [3.63, 3.8) is 0 Å². The van der Waals surface area contributed by atoms with Gasteiger partial charge in [0, 0.05) is 0 Å². The Morgan fingerprint density at radius 2 is 2.30 bits per heavy atom. The Bertz CT molecular complexity index is 610. The average molecular weight is 295 g/mol. The highest BCUT2D eigenvalue weighted by molar-refractivity contribution is 8.15. The Morgan fingerprint density at radius 1 is 1.55 bits per heavy atom. The van der Waals surface area contributed by atoms with E-state index in [1.54, 1.807) is 26.0 Å². The smallest absolute Gasteiger partial charge is 0.344 e. The van der Waals surface area contributed by atoms with Crippen LogP contribution in [0.5, 0.6) is 0 Å². The van der Waals surface area contributed by atoms with E-state index in [0.29, 0.717) is 16.3 Å². The molecule has 1 aliphatic rings. The van der Waals surface area contributed by atoms with E-state index >= 15 is 0 Å². The van der Waals surface area contributed by atoms with Crippen molar-refractivity contribution in [1.29, 1.82) is 0 Å². The molecule has 0 saturated carbocycles. The lowest BCUT2D eigenvalue weighted by Gasteiger charge is -2.04. The van der Waals surface area contributed by atoms with Crippen LogP contribution in [-0.4, -0.2) is 28.5 Å². The number of hydrogen-bond acceptors (Lipinski definition) is 5. The summed E-state index contributed by atoms with van der Waals surface area (Å²) in [4.78, 5) is 16.0. The fourth-order valence-corrected chi connectivity index (χ4v) is 2.60. The molecule has 0 atom stereocenters. The van der Waals surface area contributed by atoms with E-state index in [1.165, 1.54) is 17.8 Å². The van der Waals surface area contributed by atoms with E-state index in [0.717, 1.165) is 0 Å². The van der Waals surface area contributed by atoms with E-state index in [1.807, 2.05) is 0 Å². The Hall–Kier alpha value is -1.82. The number of thioether (sulfide) groups is 1. The number of benzene rings is 1. The predicted molar refractivity (Wildman–Crippen MR) is 77.0 cm³/mol. The van der Waals surface area contributed by atoms with Crippen LogP contribution >= 0.6 is 11.8 Å². The molecule has 1 aliphatic heterocycles. The third-order valence-corrected chi connectivity index (χ3v) is 3.70. The fraction of sp³-hybridized carbons (Fsp3) is 0.286. The molecule has 0 fully saturated rings. The van der Waals surface area contributed by atoms with Gasteiger partial charge >= 0.3 is 5.97 Å². The number of hydrogen-bond donors (Lipinski definition) is 1. The molecule has 106 valence electrons. The van der Waals surface area contributed by atoms with Gasteiger partial charge in [-0.25, -0.2) is 14.2 Å². The first-order valence-corrected chi connectivity index (χ1v) is 7.08. The molecule has 0 aromatic heterocycles. The first-order valence-electron chi connectivity index (χ1n) is 6.10. The Kier molecular flexibility index (Phi) is 4.44. The second-order valence-electron chi connectivity index (χ2n) is 4.18. The summed E-state index contributed by atoms with van der Waals surface area (Å²) >= 11 is 1.22. The largest absolute Gasteiger partial charge is 0.510 e. The lowest BCUT2D eigenvalue weighted by Crippen LogP contribution is -2.12. The second kappa shape index (κ2) is 6.09. The van der Waals surface area contributed by atoms with Gasteiger partial charge < -0.3 is 9.84 Å². The standard InChI is InChI=1S/C14H14FNO3S/c1-3-19-14(18)12-11(17)7-20-13(12)16-9-5-4-8(2)10(15)6-9/h4-6,17H,3,7H2,1-2H3. The molecule has 6 heteroatoms. The summed E-state index contributed by atoms with van der Waals surface area (Å²) < 4.78 is 18.4. The van der Waals surface area contributed by atoms with Crippen molar-refractivity contribution < 1.29 is 19.0 Å². The molecule has 0 radical (unpaired) electrons. The van der Waals surface area contributed by atoms with Gasteiger partial charge in [-0.2, -0.15) is 0 Å². The Balaban J connectivity index is 2.33. The van der Waals surface area contributed by atoms with E-state index in [-0.39, 0.29) is 29.5 Å². The van der Waals surface area contributed by atoms with Crippen LogP contribution < -0.4 is 0 Å². The summed E-state index contributed by atoms with van der Waals surface area (Å²) in [5.74, 6) is -0.761. The summed E-state index contributed by atoms with van der Waals surface area (Å²) in [7, 11) is 0. The molecule has 2 rings (SSSR count). The molecule has 1 N–H and O–H groups in total. The average Bonchev–Trinajstić information content (AvgIpc) is 2.75. The van der Waals surface area contributed by atoms with Gasteiger partial charge in [-0.3, -0.25) is 0 Å². The number of esters is 1. The number of nitrogens with zero attached hydrogens (tertiary/aromatic N) is 1. The summed E-state index contributed by atoms with van der Waals surface area (Å²) in [5.41, 5.74) is 0.988. The van der Waals surface area contributed by atoms with Gasteiger partial charge in [0.25, 0.3) is 0 Å². The van der Waals surface area contributed by atoms with Gasteiger partial charge in [0.1, 0.15) is 22.2 Å². The number of aliphatic hydroxyl groups is 1. The number of aliphatic imine (C=N–C) groups is 1. The molecule has 1 heterocycles. The van der Waals surface area contributed by atoms with Crippen LogP contribution in [0.1, 0.15) is 12.5 Å². The first kappa shape index (κ1) is 14.6. The summed E-state index contributed by atoms with van der Waals surface area (Å²) in [6, 6.07) is 4.56. The van der Waals surface area contributed by atoms with Crippen molar-refractivity contribution in [2.75, 3.05) is 12.4 Å². The molecule has 0 spiro atoms. The van der Waals surface area contributed by atoms with Crippen LogP contribution in [0.15, 0.2) is 34.5 Å². The zero-order valence-electron chi connectivity index (χ0n) is 11.1. The van der Waals surface area contributed by atoms with Crippen LogP contribution in [-0.2, 0) is 9.53 Å². The number of ether oxygens (including phenoxy) is 1. The lowest BCUT2D eigenvalue weighted by atomic mass is 10.2. The highest BCUT2D eigenvalue weighted by Crippen LogP contribution is 2.30. The zero-order valence-corrected chi connectivity index (χ0v) is 12.0. The van der Waals surface area contributed by atoms with Crippen LogP contribution in [0.3, 0.4) is 0 Å². The van der Waals surface area contributed by atoms with E-state index in [4.69, 9.17) is 4.74 Å². The predicted octanol–water partition coefficient (Wildman–Crippen LogP) is 3.29. The molecule has 1 aromatic carbocycles. The molecule has 0 aliphatic carbocycles. The third-order valence-electron chi connectivity index (χ3n) is 2.71. The maximum Gasteiger partial charge on any atom is 0.344 e. The number of carbonyl (C=O) groups excluding carboxylic acids is 1. The second-order valence-corrected chi connectivity index (χ2v) is 5.15. The number of aliphatic hydroxyl groups excluding tert-OH is 1. The van der Waals surface area contributed by atoms with Crippen molar-refractivity contribution >= 4 is 28.5 Å². The maximum atomic E-state index is 13.5.